The summed E-state index contributed by atoms with van der Waals surface area (Å²) in [5.74, 6) is 0. The molecule has 0 radical (unpaired) electrons. The molecule has 0 atom stereocenters. The normalized spacial score (nSPS) is 15.6. The van der Waals surface area contributed by atoms with Gasteiger partial charge in [0.2, 0.25) is 0 Å². The Kier molecular flexibility index (Phi) is 4.14. The van der Waals surface area contributed by atoms with Crippen molar-refractivity contribution in [3.05, 3.63) is 22.6 Å². The van der Waals surface area contributed by atoms with Gasteiger partial charge in [-0.3, -0.25) is 4.79 Å². The van der Waals surface area contributed by atoms with E-state index >= 15 is 0 Å². The number of hydrogen-bond donors (Lipinski definition) is 1. The third kappa shape index (κ3) is 3.30. The Morgan fingerprint density at radius 2 is 2.41 bits per heavy atom. The number of hydrogen-bond acceptors (Lipinski definition) is 4. The van der Waals surface area contributed by atoms with Crippen molar-refractivity contribution < 1.29 is 4.74 Å². The molecule has 0 saturated heterocycles. The van der Waals surface area contributed by atoms with E-state index in [1.54, 1.807) is 19.4 Å². The third-order valence-electron chi connectivity index (χ3n) is 3.06. The molecule has 17 heavy (non-hydrogen) atoms. The van der Waals surface area contributed by atoms with Crippen LogP contribution >= 0.6 is 0 Å². The van der Waals surface area contributed by atoms with Gasteiger partial charge in [0.25, 0.3) is 5.56 Å². The van der Waals surface area contributed by atoms with Crippen LogP contribution in [0.15, 0.2) is 17.1 Å². The molecule has 2 rings (SSSR count). The summed E-state index contributed by atoms with van der Waals surface area (Å²) in [6, 6.07) is 2.15. The quantitative estimate of drug-likeness (QED) is 0.756. The summed E-state index contributed by atoms with van der Waals surface area (Å²) >= 11 is 0. The van der Waals surface area contributed by atoms with Gasteiger partial charge in [0, 0.05) is 32.4 Å². The first-order valence-corrected chi connectivity index (χ1v) is 6.12. The van der Waals surface area contributed by atoms with Crippen molar-refractivity contribution in [3.63, 3.8) is 0 Å². The van der Waals surface area contributed by atoms with Crippen LogP contribution in [0.5, 0.6) is 0 Å². The highest BCUT2D eigenvalue weighted by Gasteiger charge is 2.17. The summed E-state index contributed by atoms with van der Waals surface area (Å²) in [6.45, 7) is 1.26. The molecule has 1 aromatic rings. The Bertz CT molecular complexity index is 412. The van der Waals surface area contributed by atoms with Gasteiger partial charge >= 0.3 is 0 Å². The monoisotopic (exact) mass is 237 g/mol. The standard InChI is InChI=1S/C12H19N3O2/c1-17-7-3-6-15-12(16)8-11(9-13-15)14-10-4-2-5-10/h8-10,14H,2-7H2,1H3. The lowest BCUT2D eigenvalue weighted by atomic mass is 9.93. The molecule has 0 aromatic carbocycles. The van der Waals surface area contributed by atoms with Gasteiger partial charge in [-0.05, 0) is 25.7 Å². The maximum Gasteiger partial charge on any atom is 0.268 e. The van der Waals surface area contributed by atoms with E-state index in [9.17, 15) is 4.79 Å². The first-order valence-electron chi connectivity index (χ1n) is 6.12. The fraction of sp³-hybridized carbons (Fsp3) is 0.667. The maximum absolute atomic E-state index is 11.7. The fourth-order valence-electron chi connectivity index (χ4n) is 1.83. The minimum Gasteiger partial charge on any atom is -0.385 e. The molecule has 1 aliphatic rings. The summed E-state index contributed by atoms with van der Waals surface area (Å²) in [6.07, 6.45) is 6.19. The van der Waals surface area contributed by atoms with E-state index in [4.69, 9.17) is 4.74 Å². The van der Waals surface area contributed by atoms with Gasteiger partial charge < -0.3 is 10.1 Å². The zero-order chi connectivity index (χ0) is 12.1. The number of ether oxygens (including phenoxy) is 1. The van der Waals surface area contributed by atoms with Gasteiger partial charge in [0.15, 0.2) is 0 Å². The number of nitrogens with one attached hydrogen (secondary N) is 1. The van der Waals surface area contributed by atoms with Crippen LogP contribution in [-0.2, 0) is 11.3 Å². The molecule has 1 fully saturated rings. The van der Waals surface area contributed by atoms with E-state index in [-0.39, 0.29) is 5.56 Å². The lowest BCUT2D eigenvalue weighted by Gasteiger charge is -2.27. The minimum absolute atomic E-state index is 0.0505. The van der Waals surface area contributed by atoms with Gasteiger partial charge in [0.1, 0.15) is 0 Å². The third-order valence-corrected chi connectivity index (χ3v) is 3.06. The topological polar surface area (TPSA) is 56.1 Å². The predicted octanol–water partition coefficient (Wildman–Crippen LogP) is 1.24. The van der Waals surface area contributed by atoms with Crippen molar-refractivity contribution >= 4 is 5.69 Å². The molecule has 1 aliphatic carbocycles. The average Bonchev–Trinajstić information content (AvgIpc) is 2.27. The second-order valence-corrected chi connectivity index (χ2v) is 4.42. The number of anilines is 1. The van der Waals surface area contributed by atoms with Crippen molar-refractivity contribution in [2.45, 2.75) is 38.3 Å². The van der Waals surface area contributed by atoms with Crippen LogP contribution in [0, 0.1) is 0 Å². The van der Waals surface area contributed by atoms with E-state index in [0.717, 1.165) is 12.1 Å². The largest absolute Gasteiger partial charge is 0.385 e. The highest BCUT2D eigenvalue weighted by Crippen LogP contribution is 2.21. The van der Waals surface area contributed by atoms with Crippen LogP contribution in [0.2, 0.25) is 0 Å². The molecule has 94 valence electrons. The molecule has 0 unspecified atom stereocenters. The second-order valence-electron chi connectivity index (χ2n) is 4.42. The van der Waals surface area contributed by atoms with Crippen molar-refractivity contribution in [2.24, 2.45) is 0 Å². The molecular formula is C12H19N3O2. The van der Waals surface area contributed by atoms with Gasteiger partial charge in [-0.15, -0.1) is 0 Å². The Morgan fingerprint density at radius 1 is 1.59 bits per heavy atom. The molecule has 0 aliphatic heterocycles. The van der Waals surface area contributed by atoms with Gasteiger partial charge in [0.05, 0.1) is 11.9 Å². The van der Waals surface area contributed by atoms with Crippen molar-refractivity contribution in [1.82, 2.24) is 9.78 Å². The Morgan fingerprint density at radius 3 is 3.00 bits per heavy atom. The van der Waals surface area contributed by atoms with Crippen LogP contribution in [0.4, 0.5) is 5.69 Å². The molecule has 1 aromatic heterocycles. The molecule has 1 saturated carbocycles. The van der Waals surface area contributed by atoms with Gasteiger partial charge in [-0.2, -0.15) is 5.10 Å². The lowest BCUT2D eigenvalue weighted by Crippen LogP contribution is -2.29. The minimum atomic E-state index is -0.0505. The SMILES string of the molecule is COCCCn1ncc(NC2CCC2)cc1=O. The molecular weight excluding hydrogens is 218 g/mol. The van der Waals surface area contributed by atoms with E-state index < -0.39 is 0 Å². The first-order chi connectivity index (χ1) is 8.29. The van der Waals surface area contributed by atoms with Gasteiger partial charge in [-0.25, -0.2) is 4.68 Å². The number of rotatable bonds is 6. The van der Waals surface area contributed by atoms with Crippen LogP contribution in [0.25, 0.3) is 0 Å². The van der Waals surface area contributed by atoms with Crippen molar-refractivity contribution in [3.8, 4) is 0 Å². The zero-order valence-electron chi connectivity index (χ0n) is 10.2. The van der Waals surface area contributed by atoms with E-state index in [1.165, 1.54) is 23.9 Å². The second kappa shape index (κ2) is 5.82. The predicted molar refractivity (Wildman–Crippen MR) is 66.3 cm³/mol. The highest BCUT2D eigenvalue weighted by molar-refractivity contribution is 5.40. The number of aromatic nitrogens is 2. The van der Waals surface area contributed by atoms with Gasteiger partial charge in [-0.1, -0.05) is 0 Å². The number of aryl methyl sites for hydroxylation is 1. The van der Waals surface area contributed by atoms with E-state index in [0.29, 0.717) is 19.2 Å². The fourth-order valence-corrected chi connectivity index (χ4v) is 1.83. The van der Waals surface area contributed by atoms with Crippen LogP contribution < -0.4 is 10.9 Å². The van der Waals surface area contributed by atoms with Crippen LogP contribution in [0.3, 0.4) is 0 Å². The first kappa shape index (κ1) is 12.1. The average molecular weight is 237 g/mol. The molecule has 5 nitrogen and oxygen atoms in total. The van der Waals surface area contributed by atoms with Crippen LogP contribution in [0.1, 0.15) is 25.7 Å². The lowest BCUT2D eigenvalue weighted by molar-refractivity contribution is 0.188. The van der Waals surface area contributed by atoms with E-state index in [1.807, 2.05) is 0 Å². The summed E-state index contributed by atoms with van der Waals surface area (Å²) < 4.78 is 6.42. The Balaban J connectivity index is 1.93. The molecule has 1 heterocycles. The summed E-state index contributed by atoms with van der Waals surface area (Å²) in [7, 11) is 1.65. The zero-order valence-corrected chi connectivity index (χ0v) is 10.2. The number of nitrogens with zero attached hydrogens (tertiary/aromatic N) is 2. The summed E-state index contributed by atoms with van der Waals surface area (Å²) in [4.78, 5) is 11.7. The highest BCUT2D eigenvalue weighted by atomic mass is 16.5. The maximum atomic E-state index is 11.7. The van der Waals surface area contributed by atoms with Crippen LogP contribution in [-0.4, -0.2) is 29.5 Å². The van der Waals surface area contributed by atoms with Crippen molar-refractivity contribution in [2.75, 3.05) is 19.0 Å². The molecule has 0 bridgehead atoms. The smallest absolute Gasteiger partial charge is 0.268 e. The Hall–Kier alpha value is -1.36. The molecule has 1 N–H and O–H groups in total. The molecule has 0 spiro atoms. The summed E-state index contributed by atoms with van der Waals surface area (Å²) in [5.41, 5.74) is 0.785. The summed E-state index contributed by atoms with van der Waals surface area (Å²) in [5, 5.41) is 7.46. The number of methoxy groups -OCH3 is 1. The Labute approximate surface area is 101 Å². The molecule has 5 heteroatoms. The van der Waals surface area contributed by atoms with Crippen molar-refractivity contribution in [1.29, 1.82) is 0 Å². The van der Waals surface area contributed by atoms with E-state index in [2.05, 4.69) is 10.4 Å². The molecule has 0 amide bonds.